The van der Waals surface area contributed by atoms with E-state index in [0.29, 0.717) is 24.4 Å². The average molecular weight is 563 g/mol. The third-order valence-electron chi connectivity index (χ3n) is 7.27. The lowest BCUT2D eigenvalue weighted by molar-refractivity contribution is 0.223. The van der Waals surface area contributed by atoms with Crippen molar-refractivity contribution in [3.05, 3.63) is 95.1 Å². The van der Waals surface area contributed by atoms with Gasteiger partial charge in [-0.2, -0.15) is 10.5 Å². The van der Waals surface area contributed by atoms with Crippen LogP contribution in [0.5, 0.6) is 11.5 Å². The normalized spacial score (nSPS) is 11.8. The molecule has 0 saturated carbocycles. The SMILES string of the molecule is CCN(CC)CCOc1ccc(/C=C(\C#N)c2ccc(/C(C#N)=C/c3ccc(OCCN(CC)CC)cc3)cc2)cc1. The molecular weight excluding hydrogens is 520 g/mol. The molecule has 0 unspecified atom stereocenters. The van der Waals surface area contributed by atoms with Gasteiger partial charge in [0.25, 0.3) is 0 Å². The van der Waals surface area contributed by atoms with E-state index >= 15 is 0 Å². The molecule has 3 aromatic carbocycles. The number of ether oxygens (including phenoxy) is 2. The molecule has 0 bridgehead atoms. The lowest BCUT2D eigenvalue weighted by atomic mass is 9.99. The van der Waals surface area contributed by atoms with Crippen molar-refractivity contribution < 1.29 is 9.47 Å². The highest BCUT2D eigenvalue weighted by atomic mass is 16.5. The number of hydrogen-bond acceptors (Lipinski definition) is 6. The van der Waals surface area contributed by atoms with Gasteiger partial charge in [-0.3, -0.25) is 0 Å². The van der Waals surface area contributed by atoms with Crippen LogP contribution in [0.15, 0.2) is 72.8 Å². The highest BCUT2D eigenvalue weighted by Gasteiger charge is 2.07. The Morgan fingerprint density at radius 3 is 1.19 bits per heavy atom. The molecule has 6 heteroatoms. The lowest BCUT2D eigenvalue weighted by Gasteiger charge is -2.18. The first-order valence-electron chi connectivity index (χ1n) is 14.8. The van der Waals surface area contributed by atoms with Crippen LogP contribution >= 0.6 is 0 Å². The Bertz CT molecular complexity index is 1260. The smallest absolute Gasteiger partial charge is 0.119 e. The van der Waals surface area contributed by atoms with Crippen LogP contribution in [-0.4, -0.2) is 62.3 Å². The summed E-state index contributed by atoms with van der Waals surface area (Å²) >= 11 is 0. The Hall–Kier alpha value is -4.36. The van der Waals surface area contributed by atoms with Gasteiger partial charge in [0.1, 0.15) is 24.7 Å². The highest BCUT2D eigenvalue weighted by molar-refractivity contribution is 5.92. The fourth-order valence-electron chi connectivity index (χ4n) is 4.51. The second kappa shape index (κ2) is 17.5. The molecule has 0 saturated heterocycles. The lowest BCUT2D eigenvalue weighted by Crippen LogP contribution is -2.27. The van der Waals surface area contributed by atoms with Gasteiger partial charge in [-0.25, -0.2) is 0 Å². The monoisotopic (exact) mass is 562 g/mol. The predicted octanol–water partition coefficient (Wildman–Crippen LogP) is 7.26. The maximum atomic E-state index is 9.83. The number of nitriles is 2. The molecule has 0 aliphatic carbocycles. The van der Waals surface area contributed by atoms with Crippen molar-refractivity contribution in [2.75, 3.05) is 52.5 Å². The van der Waals surface area contributed by atoms with Gasteiger partial charge in [-0.05, 0) is 84.9 Å². The first kappa shape index (κ1) is 32.2. The van der Waals surface area contributed by atoms with E-state index in [1.807, 2.05) is 84.9 Å². The summed E-state index contributed by atoms with van der Waals surface area (Å²) in [5.41, 5.74) is 4.54. The van der Waals surface area contributed by atoms with Crippen LogP contribution in [0.4, 0.5) is 0 Å². The van der Waals surface area contributed by atoms with Crippen molar-refractivity contribution in [2.24, 2.45) is 0 Å². The maximum Gasteiger partial charge on any atom is 0.119 e. The van der Waals surface area contributed by atoms with Gasteiger partial charge in [-0.15, -0.1) is 0 Å². The molecule has 3 rings (SSSR count). The Morgan fingerprint density at radius 2 is 0.905 bits per heavy atom. The Kier molecular flexibility index (Phi) is 13.4. The molecule has 218 valence electrons. The summed E-state index contributed by atoms with van der Waals surface area (Å²) in [6.45, 7) is 15.7. The van der Waals surface area contributed by atoms with Crippen molar-refractivity contribution in [2.45, 2.75) is 27.7 Å². The number of allylic oxidation sites excluding steroid dienone is 2. The van der Waals surface area contributed by atoms with Crippen LogP contribution in [0.3, 0.4) is 0 Å². The molecule has 0 atom stereocenters. The molecule has 6 nitrogen and oxygen atoms in total. The number of hydrogen-bond donors (Lipinski definition) is 0. The quantitative estimate of drug-likeness (QED) is 0.135. The van der Waals surface area contributed by atoms with E-state index in [1.165, 1.54) is 0 Å². The second-order valence-corrected chi connectivity index (χ2v) is 9.81. The van der Waals surface area contributed by atoms with Gasteiger partial charge in [-0.1, -0.05) is 76.2 Å². The first-order chi connectivity index (χ1) is 20.5. The van der Waals surface area contributed by atoms with Gasteiger partial charge in [0.2, 0.25) is 0 Å². The third-order valence-corrected chi connectivity index (χ3v) is 7.27. The number of likely N-dealkylation sites (N-methyl/N-ethyl adjacent to an activating group) is 2. The summed E-state index contributed by atoms with van der Waals surface area (Å²) in [7, 11) is 0. The molecule has 0 heterocycles. The zero-order valence-corrected chi connectivity index (χ0v) is 25.3. The zero-order valence-electron chi connectivity index (χ0n) is 25.3. The van der Waals surface area contributed by atoms with Crippen LogP contribution < -0.4 is 9.47 Å². The van der Waals surface area contributed by atoms with E-state index in [2.05, 4.69) is 49.6 Å². The molecule has 0 N–H and O–H groups in total. The van der Waals surface area contributed by atoms with Crippen LogP contribution in [0, 0.1) is 22.7 Å². The maximum absolute atomic E-state index is 9.83. The Morgan fingerprint density at radius 1 is 0.571 bits per heavy atom. The molecule has 0 fully saturated rings. The summed E-state index contributed by atoms with van der Waals surface area (Å²) in [6.07, 6.45) is 3.72. The summed E-state index contributed by atoms with van der Waals surface area (Å²) in [6, 6.07) is 27.7. The van der Waals surface area contributed by atoms with Gasteiger partial charge in [0, 0.05) is 13.1 Å². The first-order valence-corrected chi connectivity index (χ1v) is 14.8. The van der Waals surface area contributed by atoms with E-state index in [1.54, 1.807) is 0 Å². The van der Waals surface area contributed by atoms with Crippen LogP contribution in [0.2, 0.25) is 0 Å². The van der Waals surface area contributed by atoms with E-state index in [9.17, 15) is 10.5 Å². The predicted molar refractivity (Wildman–Crippen MR) is 173 cm³/mol. The summed E-state index contributed by atoms with van der Waals surface area (Å²) in [4.78, 5) is 4.64. The Labute approximate surface area is 251 Å². The molecule has 0 aliphatic heterocycles. The van der Waals surface area contributed by atoms with E-state index in [0.717, 1.165) is 73.0 Å². The minimum Gasteiger partial charge on any atom is -0.492 e. The van der Waals surface area contributed by atoms with Crippen molar-refractivity contribution in [3.8, 4) is 23.6 Å². The van der Waals surface area contributed by atoms with E-state index in [4.69, 9.17) is 9.47 Å². The molecule has 3 aromatic rings. The van der Waals surface area contributed by atoms with Crippen molar-refractivity contribution in [1.82, 2.24) is 9.80 Å². The minimum absolute atomic E-state index is 0.552. The molecule has 42 heavy (non-hydrogen) atoms. The molecule has 0 amide bonds. The molecular formula is C36H42N4O2. The molecule has 0 aromatic heterocycles. The highest BCUT2D eigenvalue weighted by Crippen LogP contribution is 2.24. The largest absolute Gasteiger partial charge is 0.492 e. The van der Waals surface area contributed by atoms with Gasteiger partial charge in [0.05, 0.1) is 23.3 Å². The third kappa shape index (κ3) is 9.93. The molecule has 0 aliphatic rings. The number of rotatable bonds is 16. The van der Waals surface area contributed by atoms with Gasteiger partial charge >= 0.3 is 0 Å². The van der Waals surface area contributed by atoms with Gasteiger partial charge < -0.3 is 19.3 Å². The van der Waals surface area contributed by atoms with Crippen LogP contribution in [0.1, 0.15) is 49.9 Å². The van der Waals surface area contributed by atoms with Crippen LogP contribution in [-0.2, 0) is 0 Å². The Balaban J connectivity index is 1.63. The summed E-state index contributed by atoms with van der Waals surface area (Å²) < 4.78 is 11.7. The van der Waals surface area contributed by atoms with Crippen molar-refractivity contribution >= 4 is 23.3 Å². The summed E-state index contributed by atoms with van der Waals surface area (Å²) in [5.74, 6) is 1.63. The second-order valence-electron chi connectivity index (χ2n) is 9.81. The van der Waals surface area contributed by atoms with Gasteiger partial charge in [0.15, 0.2) is 0 Å². The topological polar surface area (TPSA) is 72.5 Å². The van der Waals surface area contributed by atoms with Crippen LogP contribution in [0.25, 0.3) is 23.3 Å². The van der Waals surface area contributed by atoms with E-state index < -0.39 is 0 Å². The zero-order chi connectivity index (χ0) is 30.2. The standard InChI is InChI=1S/C36H42N4O2/c1-5-39(6-2)21-23-41-35-17-9-29(10-18-35)25-33(27-37)31-13-15-32(16-14-31)34(28-38)26-30-11-19-36(20-12-30)42-24-22-40(7-3)8-4/h9-20,25-26H,5-8,21-24H2,1-4H3/b33-25+,34-26+. The fourth-order valence-corrected chi connectivity index (χ4v) is 4.51. The average Bonchev–Trinajstić information content (AvgIpc) is 3.04. The summed E-state index contributed by atoms with van der Waals surface area (Å²) in [5, 5.41) is 19.7. The number of benzene rings is 3. The molecule has 0 spiro atoms. The molecule has 0 radical (unpaired) electrons. The van der Waals surface area contributed by atoms with E-state index in [-0.39, 0.29) is 0 Å². The van der Waals surface area contributed by atoms with Crippen molar-refractivity contribution in [1.29, 1.82) is 10.5 Å². The fraction of sp³-hybridized carbons (Fsp3) is 0.333. The minimum atomic E-state index is 0.552. The number of nitrogens with zero attached hydrogens (tertiary/aromatic N) is 4. The van der Waals surface area contributed by atoms with Crippen molar-refractivity contribution in [3.63, 3.8) is 0 Å².